The van der Waals surface area contributed by atoms with Crippen molar-refractivity contribution in [2.75, 3.05) is 13.1 Å². The molecule has 0 bridgehead atoms. The predicted molar refractivity (Wildman–Crippen MR) is 80.0 cm³/mol. The topological polar surface area (TPSA) is 74.7 Å². The summed E-state index contributed by atoms with van der Waals surface area (Å²) in [4.78, 5) is 11.2. The van der Waals surface area contributed by atoms with Gasteiger partial charge < -0.3 is 5.11 Å². The molecule has 1 aromatic rings. The van der Waals surface area contributed by atoms with Crippen LogP contribution in [0.1, 0.15) is 34.8 Å². The maximum absolute atomic E-state index is 12.8. The first-order chi connectivity index (χ1) is 9.73. The van der Waals surface area contributed by atoms with Gasteiger partial charge in [-0.2, -0.15) is 4.31 Å². The zero-order valence-electron chi connectivity index (χ0n) is 12.4. The van der Waals surface area contributed by atoms with Crippen molar-refractivity contribution in [2.24, 2.45) is 0 Å². The van der Waals surface area contributed by atoms with Gasteiger partial charge in [0.1, 0.15) is 0 Å². The van der Waals surface area contributed by atoms with E-state index in [9.17, 15) is 13.2 Å². The van der Waals surface area contributed by atoms with Crippen LogP contribution in [-0.2, 0) is 10.0 Å². The zero-order chi connectivity index (χ0) is 15.8. The minimum Gasteiger partial charge on any atom is -0.478 e. The number of carboxylic acid groups (broad SMARTS) is 1. The quantitative estimate of drug-likeness (QED) is 0.870. The molecule has 0 unspecified atom stereocenters. The average Bonchev–Trinajstić information content (AvgIpc) is 2.41. The number of hydrogen-bond acceptors (Lipinski definition) is 3. The molecule has 1 aromatic carbocycles. The van der Waals surface area contributed by atoms with Gasteiger partial charge in [-0.1, -0.05) is 11.6 Å². The van der Waals surface area contributed by atoms with E-state index >= 15 is 0 Å². The van der Waals surface area contributed by atoms with Gasteiger partial charge in [-0.05, 0) is 50.5 Å². The lowest BCUT2D eigenvalue weighted by atomic mass is 10.1. The number of carbonyl (C=O) groups is 1. The van der Waals surface area contributed by atoms with E-state index in [-0.39, 0.29) is 10.5 Å². The minimum atomic E-state index is -3.67. The SMILES string of the molecule is CC1=CCCN(S(=O)(=O)c2cc(C(=O)O)cc(C)c2C)C1. The number of hydrogen-bond donors (Lipinski definition) is 1. The van der Waals surface area contributed by atoms with Gasteiger partial charge in [0.05, 0.1) is 10.5 Å². The largest absolute Gasteiger partial charge is 0.478 e. The van der Waals surface area contributed by atoms with Crippen LogP contribution in [0.3, 0.4) is 0 Å². The van der Waals surface area contributed by atoms with Gasteiger partial charge in [0.25, 0.3) is 0 Å². The van der Waals surface area contributed by atoms with E-state index in [1.54, 1.807) is 13.8 Å². The van der Waals surface area contributed by atoms with E-state index in [0.717, 1.165) is 5.57 Å². The van der Waals surface area contributed by atoms with Gasteiger partial charge in [-0.15, -0.1) is 0 Å². The second kappa shape index (κ2) is 5.61. The van der Waals surface area contributed by atoms with Gasteiger partial charge in [-0.25, -0.2) is 13.2 Å². The third kappa shape index (κ3) is 3.01. The smallest absolute Gasteiger partial charge is 0.335 e. The van der Waals surface area contributed by atoms with Crippen LogP contribution in [0.2, 0.25) is 0 Å². The lowest BCUT2D eigenvalue weighted by Gasteiger charge is -2.26. The van der Waals surface area contributed by atoms with Crippen LogP contribution >= 0.6 is 0 Å². The molecule has 1 aliphatic heterocycles. The standard InChI is InChI=1S/C15H19NO4S/c1-10-5-4-6-16(9-10)21(19,20)14-8-13(15(17)18)7-11(2)12(14)3/h5,7-8H,4,6,9H2,1-3H3,(H,17,18). The molecule has 1 heterocycles. The highest BCUT2D eigenvalue weighted by atomic mass is 32.2. The highest BCUT2D eigenvalue weighted by Gasteiger charge is 2.28. The lowest BCUT2D eigenvalue weighted by Crippen LogP contribution is -2.36. The molecule has 114 valence electrons. The molecular weight excluding hydrogens is 290 g/mol. The monoisotopic (exact) mass is 309 g/mol. The number of sulfonamides is 1. The van der Waals surface area contributed by atoms with Crippen molar-refractivity contribution < 1.29 is 18.3 Å². The summed E-state index contributed by atoms with van der Waals surface area (Å²) >= 11 is 0. The van der Waals surface area contributed by atoms with Gasteiger partial charge in [0, 0.05) is 13.1 Å². The van der Waals surface area contributed by atoms with Crippen LogP contribution in [0.5, 0.6) is 0 Å². The molecule has 1 N–H and O–H groups in total. The Kier molecular flexibility index (Phi) is 4.20. The molecular formula is C15H19NO4S. The van der Waals surface area contributed by atoms with Gasteiger partial charge in [-0.3, -0.25) is 0 Å². The third-order valence-electron chi connectivity index (χ3n) is 3.78. The first kappa shape index (κ1) is 15.7. The van der Waals surface area contributed by atoms with Gasteiger partial charge in [0.2, 0.25) is 10.0 Å². The van der Waals surface area contributed by atoms with E-state index in [2.05, 4.69) is 0 Å². The minimum absolute atomic E-state index is 0.000878. The van der Waals surface area contributed by atoms with Crippen LogP contribution in [-0.4, -0.2) is 36.9 Å². The molecule has 0 atom stereocenters. The molecule has 0 radical (unpaired) electrons. The maximum atomic E-state index is 12.8. The second-order valence-corrected chi connectivity index (χ2v) is 7.31. The Hall–Kier alpha value is -1.66. The summed E-state index contributed by atoms with van der Waals surface area (Å²) in [6, 6.07) is 2.76. The van der Waals surface area contributed by atoms with E-state index in [0.29, 0.717) is 30.6 Å². The summed E-state index contributed by atoms with van der Waals surface area (Å²) in [5.41, 5.74) is 2.28. The zero-order valence-corrected chi connectivity index (χ0v) is 13.2. The van der Waals surface area contributed by atoms with Crippen LogP contribution < -0.4 is 0 Å². The Bertz CT molecular complexity index is 719. The number of aromatic carboxylic acids is 1. The molecule has 0 amide bonds. The molecule has 0 fully saturated rings. The Balaban J connectivity index is 2.54. The molecule has 0 saturated heterocycles. The number of carboxylic acids is 1. The fourth-order valence-electron chi connectivity index (χ4n) is 2.44. The highest BCUT2D eigenvalue weighted by Crippen LogP contribution is 2.26. The molecule has 1 aliphatic rings. The maximum Gasteiger partial charge on any atom is 0.335 e. The number of rotatable bonds is 3. The normalized spacial score (nSPS) is 16.6. The summed E-state index contributed by atoms with van der Waals surface area (Å²) in [5.74, 6) is -1.12. The van der Waals surface area contributed by atoms with Crippen molar-refractivity contribution in [3.63, 3.8) is 0 Å². The van der Waals surface area contributed by atoms with Crippen LogP contribution in [0.4, 0.5) is 0 Å². The fourth-order valence-corrected chi connectivity index (χ4v) is 4.26. The van der Waals surface area contributed by atoms with Crippen LogP contribution in [0, 0.1) is 13.8 Å². The molecule has 0 saturated carbocycles. The number of benzene rings is 1. The molecule has 21 heavy (non-hydrogen) atoms. The Labute approximate surface area is 124 Å². The average molecular weight is 309 g/mol. The Morgan fingerprint density at radius 3 is 2.48 bits per heavy atom. The summed E-state index contributed by atoms with van der Waals surface area (Å²) in [7, 11) is -3.67. The molecule has 6 heteroatoms. The van der Waals surface area contributed by atoms with Crippen molar-refractivity contribution in [3.05, 3.63) is 40.5 Å². The third-order valence-corrected chi connectivity index (χ3v) is 5.75. The van der Waals surface area contributed by atoms with Crippen molar-refractivity contribution in [1.29, 1.82) is 0 Å². The first-order valence-electron chi connectivity index (χ1n) is 6.74. The highest BCUT2D eigenvalue weighted by molar-refractivity contribution is 7.89. The van der Waals surface area contributed by atoms with Crippen molar-refractivity contribution in [2.45, 2.75) is 32.1 Å². The lowest BCUT2D eigenvalue weighted by molar-refractivity contribution is 0.0696. The molecule has 0 aromatic heterocycles. The molecule has 0 spiro atoms. The first-order valence-corrected chi connectivity index (χ1v) is 8.18. The van der Waals surface area contributed by atoms with Crippen molar-refractivity contribution >= 4 is 16.0 Å². The van der Waals surface area contributed by atoms with E-state index < -0.39 is 16.0 Å². The van der Waals surface area contributed by atoms with E-state index in [1.807, 2.05) is 13.0 Å². The number of nitrogens with zero attached hydrogens (tertiary/aromatic N) is 1. The Morgan fingerprint density at radius 1 is 1.24 bits per heavy atom. The van der Waals surface area contributed by atoms with Crippen LogP contribution in [0.15, 0.2) is 28.7 Å². The van der Waals surface area contributed by atoms with Crippen molar-refractivity contribution in [3.8, 4) is 0 Å². The molecule has 0 aliphatic carbocycles. The molecule has 2 rings (SSSR count). The van der Waals surface area contributed by atoms with E-state index in [1.165, 1.54) is 16.4 Å². The summed E-state index contributed by atoms with van der Waals surface area (Å²) in [6.45, 7) is 6.11. The Morgan fingerprint density at radius 2 is 1.90 bits per heavy atom. The van der Waals surface area contributed by atoms with Crippen molar-refractivity contribution in [1.82, 2.24) is 4.31 Å². The summed E-state index contributed by atoms with van der Waals surface area (Å²) in [6.07, 6.45) is 2.71. The molecule has 5 nitrogen and oxygen atoms in total. The van der Waals surface area contributed by atoms with Gasteiger partial charge >= 0.3 is 5.97 Å². The second-order valence-electron chi connectivity index (χ2n) is 5.40. The predicted octanol–water partition coefficient (Wildman–Crippen LogP) is 2.34. The summed E-state index contributed by atoms with van der Waals surface area (Å²) in [5, 5.41) is 9.13. The van der Waals surface area contributed by atoms with E-state index in [4.69, 9.17) is 5.11 Å². The fraction of sp³-hybridized carbons (Fsp3) is 0.400. The number of aryl methyl sites for hydroxylation is 1. The van der Waals surface area contributed by atoms with Gasteiger partial charge in [0.15, 0.2) is 0 Å². The van der Waals surface area contributed by atoms with Crippen LogP contribution in [0.25, 0.3) is 0 Å². The summed E-state index contributed by atoms with van der Waals surface area (Å²) < 4.78 is 27.0.